The maximum Gasteiger partial charge on any atom is 0.265 e. The third-order valence-corrected chi connectivity index (χ3v) is 2.87. The van der Waals surface area contributed by atoms with Gasteiger partial charge in [-0.05, 0) is 5.56 Å². The number of hydrogen-bond acceptors (Lipinski definition) is 3. The van der Waals surface area contributed by atoms with Gasteiger partial charge in [-0.1, -0.05) is 30.3 Å². The van der Waals surface area contributed by atoms with Crippen molar-refractivity contribution in [2.24, 2.45) is 0 Å². The van der Waals surface area contributed by atoms with Crippen LogP contribution in [0.25, 0.3) is 0 Å². The van der Waals surface area contributed by atoms with Crippen molar-refractivity contribution in [2.45, 2.75) is 5.92 Å². The molecule has 0 saturated heterocycles. The minimum atomic E-state index is -3.97. The van der Waals surface area contributed by atoms with Crippen LogP contribution in [0.2, 0.25) is 0 Å². The fourth-order valence-electron chi connectivity index (χ4n) is 1.42. The van der Waals surface area contributed by atoms with E-state index >= 15 is 0 Å². The monoisotopic (exact) mass is 230 g/mol. The Balaban J connectivity index is 2.84. The van der Waals surface area contributed by atoms with E-state index in [-0.39, 0.29) is 18.3 Å². The Bertz CT molecular complexity index is 385. The van der Waals surface area contributed by atoms with Crippen LogP contribution >= 0.6 is 0 Å². The van der Waals surface area contributed by atoms with Crippen molar-refractivity contribution in [2.75, 3.05) is 19.5 Å². The van der Waals surface area contributed by atoms with Gasteiger partial charge in [0.15, 0.2) is 0 Å². The minimum absolute atomic E-state index is 0.268. The molecule has 1 aromatic rings. The van der Waals surface area contributed by atoms with Crippen LogP contribution in [0.3, 0.4) is 0 Å². The average Bonchev–Trinajstić information content (AvgIpc) is 2.17. The van der Waals surface area contributed by atoms with Gasteiger partial charge in [0.25, 0.3) is 10.1 Å². The van der Waals surface area contributed by atoms with E-state index in [1.807, 2.05) is 30.3 Å². The highest BCUT2D eigenvalue weighted by molar-refractivity contribution is 7.85. The molecule has 0 amide bonds. The quantitative estimate of drug-likeness (QED) is 0.774. The van der Waals surface area contributed by atoms with Crippen molar-refractivity contribution in [3.63, 3.8) is 0 Å². The largest absolute Gasteiger partial charge is 0.384 e. The summed E-state index contributed by atoms with van der Waals surface area (Å²) in [6.45, 7) is 0.268. The second-order valence-corrected chi connectivity index (χ2v) is 4.81. The van der Waals surface area contributed by atoms with E-state index in [0.29, 0.717) is 0 Å². The summed E-state index contributed by atoms with van der Waals surface area (Å²) in [5, 5.41) is 0. The third-order valence-electron chi connectivity index (χ3n) is 2.05. The first-order valence-corrected chi connectivity index (χ1v) is 6.13. The molecule has 0 unspecified atom stereocenters. The molecule has 0 aromatic heterocycles. The number of benzene rings is 1. The molecule has 0 aliphatic heterocycles. The lowest BCUT2D eigenvalue weighted by molar-refractivity contribution is 0.184. The lowest BCUT2D eigenvalue weighted by Gasteiger charge is -2.14. The molecule has 1 atom stereocenters. The second-order valence-electron chi connectivity index (χ2n) is 3.31. The highest BCUT2D eigenvalue weighted by Crippen LogP contribution is 2.17. The fraction of sp³-hybridized carbons (Fsp3) is 0.400. The van der Waals surface area contributed by atoms with Gasteiger partial charge in [0.05, 0.1) is 12.4 Å². The highest BCUT2D eigenvalue weighted by atomic mass is 32.2. The molecule has 1 aromatic carbocycles. The van der Waals surface area contributed by atoms with Crippen LogP contribution in [0.4, 0.5) is 0 Å². The first-order chi connectivity index (χ1) is 7.03. The van der Waals surface area contributed by atoms with E-state index in [1.54, 1.807) is 0 Å². The molecule has 0 heterocycles. The fourth-order valence-corrected chi connectivity index (χ4v) is 2.22. The van der Waals surface area contributed by atoms with Crippen molar-refractivity contribution < 1.29 is 17.7 Å². The van der Waals surface area contributed by atoms with Crippen LogP contribution in [0.1, 0.15) is 11.5 Å². The SMILES string of the molecule is COC[C@H](CS(=O)(=O)O)c1ccccc1. The Morgan fingerprint density at radius 2 is 1.93 bits per heavy atom. The van der Waals surface area contributed by atoms with Gasteiger partial charge in [-0.15, -0.1) is 0 Å². The summed E-state index contributed by atoms with van der Waals surface area (Å²) in [5.41, 5.74) is 0.844. The van der Waals surface area contributed by atoms with Crippen LogP contribution in [0.5, 0.6) is 0 Å². The Labute approximate surface area is 89.6 Å². The van der Waals surface area contributed by atoms with Crippen LogP contribution < -0.4 is 0 Å². The first-order valence-electron chi connectivity index (χ1n) is 4.52. The molecule has 5 heteroatoms. The van der Waals surface area contributed by atoms with Gasteiger partial charge >= 0.3 is 0 Å². The molecule has 84 valence electrons. The average molecular weight is 230 g/mol. The van der Waals surface area contributed by atoms with Crippen molar-refractivity contribution in [1.29, 1.82) is 0 Å². The van der Waals surface area contributed by atoms with Crippen LogP contribution in [0, 0.1) is 0 Å². The number of rotatable bonds is 5. The van der Waals surface area contributed by atoms with E-state index in [1.165, 1.54) is 7.11 Å². The number of methoxy groups -OCH3 is 1. The van der Waals surface area contributed by atoms with Crippen molar-refractivity contribution in [3.05, 3.63) is 35.9 Å². The summed E-state index contributed by atoms with van der Waals surface area (Å²) >= 11 is 0. The maximum atomic E-state index is 10.8. The molecule has 0 aliphatic rings. The summed E-state index contributed by atoms with van der Waals surface area (Å²) in [5.74, 6) is -0.642. The molecule has 0 bridgehead atoms. The standard InChI is InChI=1S/C10H14O4S/c1-14-7-10(8-15(11,12)13)9-5-3-2-4-6-9/h2-6,10H,7-8H2,1H3,(H,11,12,13)/t10-/m1/s1. The molecule has 0 aliphatic carbocycles. The van der Waals surface area contributed by atoms with Crippen LogP contribution in [-0.4, -0.2) is 32.4 Å². The first kappa shape index (κ1) is 12.2. The summed E-state index contributed by atoms with van der Waals surface area (Å²) in [4.78, 5) is 0. The summed E-state index contributed by atoms with van der Waals surface area (Å²) < 4.78 is 35.3. The van der Waals surface area contributed by atoms with Gasteiger partial charge < -0.3 is 4.74 Å². The number of ether oxygens (including phenoxy) is 1. The predicted molar refractivity (Wildman–Crippen MR) is 57.5 cm³/mol. The van der Waals surface area contributed by atoms with Gasteiger partial charge in [-0.3, -0.25) is 4.55 Å². The smallest absolute Gasteiger partial charge is 0.265 e. The van der Waals surface area contributed by atoms with Crippen molar-refractivity contribution in [1.82, 2.24) is 0 Å². The minimum Gasteiger partial charge on any atom is -0.384 e. The van der Waals surface area contributed by atoms with E-state index < -0.39 is 10.1 Å². The van der Waals surface area contributed by atoms with E-state index in [9.17, 15) is 8.42 Å². The van der Waals surface area contributed by atoms with Gasteiger partial charge in [-0.2, -0.15) is 8.42 Å². The molecular weight excluding hydrogens is 216 g/mol. The molecule has 0 spiro atoms. The van der Waals surface area contributed by atoms with Gasteiger partial charge in [0.1, 0.15) is 0 Å². The normalized spacial score (nSPS) is 13.7. The van der Waals surface area contributed by atoms with E-state index in [2.05, 4.69) is 0 Å². The number of hydrogen-bond donors (Lipinski definition) is 1. The zero-order valence-corrected chi connectivity index (χ0v) is 9.28. The topological polar surface area (TPSA) is 63.6 Å². The van der Waals surface area contributed by atoms with Gasteiger partial charge in [-0.25, -0.2) is 0 Å². The summed E-state index contributed by atoms with van der Waals surface area (Å²) in [6.07, 6.45) is 0. The molecule has 0 fully saturated rings. The zero-order valence-electron chi connectivity index (χ0n) is 8.46. The predicted octanol–water partition coefficient (Wildman–Crippen LogP) is 1.30. The Kier molecular flexibility index (Phi) is 4.26. The highest BCUT2D eigenvalue weighted by Gasteiger charge is 2.18. The molecule has 0 saturated carbocycles. The van der Waals surface area contributed by atoms with Gasteiger partial charge in [0.2, 0.25) is 0 Å². The zero-order chi connectivity index (χ0) is 11.3. The van der Waals surface area contributed by atoms with E-state index in [0.717, 1.165) is 5.56 Å². The summed E-state index contributed by atoms with van der Waals surface area (Å²) in [7, 11) is -2.47. The Morgan fingerprint density at radius 3 is 2.40 bits per heavy atom. The summed E-state index contributed by atoms with van der Waals surface area (Å²) in [6, 6.07) is 9.12. The Morgan fingerprint density at radius 1 is 1.33 bits per heavy atom. The molecule has 15 heavy (non-hydrogen) atoms. The van der Waals surface area contributed by atoms with E-state index in [4.69, 9.17) is 9.29 Å². The van der Waals surface area contributed by atoms with Crippen LogP contribution in [-0.2, 0) is 14.9 Å². The molecule has 4 nitrogen and oxygen atoms in total. The molecule has 0 radical (unpaired) electrons. The lowest BCUT2D eigenvalue weighted by Crippen LogP contribution is -2.17. The van der Waals surface area contributed by atoms with Crippen molar-refractivity contribution >= 4 is 10.1 Å². The second kappa shape index (κ2) is 5.25. The van der Waals surface area contributed by atoms with Crippen molar-refractivity contribution in [3.8, 4) is 0 Å². The molecule has 1 rings (SSSR count). The van der Waals surface area contributed by atoms with Crippen LogP contribution in [0.15, 0.2) is 30.3 Å². The molecular formula is C10H14O4S. The third kappa shape index (κ3) is 4.42. The maximum absolute atomic E-state index is 10.8. The Hall–Kier alpha value is -0.910. The molecule has 1 N–H and O–H groups in total. The van der Waals surface area contributed by atoms with Gasteiger partial charge in [0, 0.05) is 13.0 Å². The lowest BCUT2D eigenvalue weighted by atomic mass is 10.0.